The lowest BCUT2D eigenvalue weighted by Gasteiger charge is -2.32. The second-order valence-corrected chi connectivity index (χ2v) is 8.33. The van der Waals surface area contributed by atoms with Gasteiger partial charge in [0.15, 0.2) is 0 Å². The number of piperidine rings is 1. The molecule has 0 unspecified atom stereocenters. The molecule has 152 valence electrons. The number of anilines is 1. The van der Waals surface area contributed by atoms with Gasteiger partial charge in [0.25, 0.3) is 0 Å². The molecule has 0 saturated carbocycles. The van der Waals surface area contributed by atoms with Crippen LogP contribution in [-0.2, 0) is 11.8 Å². The fraction of sp³-hybridized carbons (Fsp3) is 0.455. The molecule has 0 spiro atoms. The molecule has 0 radical (unpaired) electrons. The highest BCUT2D eigenvalue weighted by Crippen LogP contribution is 2.24. The summed E-state index contributed by atoms with van der Waals surface area (Å²) in [7, 11) is 1.96. The van der Waals surface area contributed by atoms with E-state index in [0.29, 0.717) is 11.7 Å². The molecule has 1 aliphatic heterocycles. The van der Waals surface area contributed by atoms with Crippen molar-refractivity contribution in [3.8, 4) is 11.3 Å². The number of carbonyl (C=O) groups is 1. The van der Waals surface area contributed by atoms with Crippen LogP contribution < -0.4 is 5.32 Å². The van der Waals surface area contributed by atoms with E-state index in [1.165, 1.54) is 0 Å². The van der Waals surface area contributed by atoms with Gasteiger partial charge in [-0.25, -0.2) is 9.97 Å². The minimum atomic E-state index is 0.0508. The van der Waals surface area contributed by atoms with E-state index >= 15 is 0 Å². The third kappa shape index (κ3) is 4.45. The summed E-state index contributed by atoms with van der Waals surface area (Å²) in [5, 5.41) is 3.96. The van der Waals surface area contributed by atoms with Crippen molar-refractivity contribution >= 4 is 22.6 Å². The van der Waals surface area contributed by atoms with E-state index in [0.717, 1.165) is 54.6 Å². The van der Waals surface area contributed by atoms with E-state index in [1.54, 1.807) is 12.5 Å². The number of likely N-dealkylation sites (tertiary alicyclic amines) is 1. The summed E-state index contributed by atoms with van der Waals surface area (Å²) in [5.74, 6) is 1.36. The number of hydrogen-bond acceptors (Lipinski definition) is 5. The molecule has 7 nitrogen and oxygen atoms in total. The van der Waals surface area contributed by atoms with Crippen LogP contribution in [0, 0.1) is 11.8 Å². The standard InChI is InChI=1S/C22H28N6O/c1-15(2)13-28-6-4-16(5-7-28)22(29)26-21-9-17-8-18(10-24-19(17)11-25-21)20-12-23-14-27(20)3/h8-12,14-16H,4-7,13H2,1-3H3,(H,25,26,29). The molecule has 0 aromatic carbocycles. The molecule has 4 rings (SSSR count). The summed E-state index contributed by atoms with van der Waals surface area (Å²) >= 11 is 0. The Bertz CT molecular complexity index is 1000. The zero-order valence-electron chi connectivity index (χ0n) is 17.3. The molecule has 4 heterocycles. The number of carbonyl (C=O) groups excluding carboxylic acids is 1. The first-order chi connectivity index (χ1) is 14.0. The lowest BCUT2D eigenvalue weighted by molar-refractivity contribution is -0.121. The molecular weight excluding hydrogens is 364 g/mol. The summed E-state index contributed by atoms with van der Waals surface area (Å²) < 4.78 is 1.96. The molecule has 0 atom stereocenters. The second-order valence-electron chi connectivity index (χ2n) is 8.33. The van der Waals surface area contributed by atoms with E-state index in [-0.39, 0.29) is 11.8 Å². The number of amides is 1. The Morgan fingerprint density at radius 3 is 2.66 bits per heavy atom. The fourth-order valence-corrected chi connectivity index (χ4v) is 4.00. The molecule has 1 saturated heterocycles. The minimum absolute atomic E-state index is 0.0508. The lowest BCUT2D eigenvalue weighted by Crippen LogP contribution is -2.39. The Labute approximate surface area is 171 Å². The van der Waals surface area contributed by atoms with Gasteiger partial charge in [0.1, 0.15) is 5.82 Å². The highest BCUT2D eigenvalue weighted by Gasteiger charge is 2.25. The zero-order chi connectivity index (χ0) is 20.4. The Kier molecular flexibility index (Phi) is 5.58. The topological polar surface area (TPSA) is 75.9 Å². The van der Waals surface area contributed by atoms with Crippen LogP contribution in [0.4, 0.5) is 5.82 Å². The summed E-state index contributed by atoms with van der Waals surface area (Å²) in [6, 6.07) is 3.95. The third-order valence-electron chi connectivity index (χ3n) is 5.51. The summed E-state index contributed by atoms with van der Waals surface area (Å²) in [5.41, 5.74) is 2.78. The number of nitrogens with zero attached hydrogens (tertiary/aromatic N) is 5. The summed E-state index contributed by atoms with van der Waals surface area (Å²) in [6.45, 7) is 7.54. The fourth-order valence-electron chi connectivity index (χ4n) is 4.00. The first-order valence-corrected chi connectivity index (χ1v) is 10.3. The van der Waals surface area contributed by atoms with Crippen LogP contribution in [0.1, 0.15) is 26.7 Å². The molecule has 7 heteroatoms. The maximum Gasteiger partial charge on any atom is 0.228 e. The molecule has 1 fully saturated rings. The molecule has 0 bridgehead atoms. The van der Waals surface area contributed by atoms with Crippen LogP contribution in [0.5, 0.6) is 0 Å². The van der Waals surface area contributed by atoms with Gasteiger partial charge in [-0.1, -0.05) is 13.8 Å². The molecule has 3 aromatic rings. The number of aromatic nitrogens is 4. The Morgan fingerprint density at radius 2 is 1.97 bits per heavy atom. The molecular formula is C22H28N6O. The van der Waals surface area contributed by atoms with Gasteiger partial charge < -0.3 is 14.8 Å². The Hall–Kier alpha value is -2.80. The van der Waals surface area contributed by atoms with E-state index < -0.39 is 0 Å². The first kappa shape index (κ1) is 19.5. The van der Waals surface area contributed by atoms with Crippen molar-refractivity contribution in [2.45, 2.75) is 26.7 Å². The van der Waals surface area contributed by atoms with E-state index in [1.807, 2.05) is 30.1 Å². The normalized spacial score (nSPS) is 15.9. The minimum Gasteiger partial charge on any atom is -0.334 e. The monoisotopic (exact) mass is 392 g/mol. The molecule has 1 aliphatic rings. The maximum atomic E-state index is 12.7. The Morgan fingerprint density at radius 1 is 1.17 bits per heavy atom. The van der Waals surface area contributed by atoms with Gasteiger partial charge >= 0.3 is 0 Å². The SMILES string of the molecule is CC(C)CN1CCC(C(=O)Nc2cc3cc(-c4cncn4C)cnc3cn2)CC1. The van der Waals surface area contributed by atoms with Crippen LogP contribution in [0.2, 0.25) is 0 Å². The predicted molar refractivity (Wildman–Crippen MR) is 114 cm³/mol. The van der Waals surface area contributed by atoms with Crippen LogP contribution in [-0.4, -0.2) is 50.0 Å². The van der Waals surface area contributed by atoms with Crippen molar-refractivity contribution in [3.63, 3.8) is 0 Å². The van der Waals surface area contributed by atoms with Crippen LogP contribution in [0.3, 0.4) is 0 Å². The second kappa shape index (κ2) is 8.29. The van der Waals surface area contributed by atoms with Crippen molar-refractivity contribution in [2.24, 2.45) is 18.9 Å². The first-order valence-electron chi connectivity index (χ1n) is 10.3. The van der Waals surface area contributed by atoms with Crippen molar-refractivity contribution in [1.29, 1.82) is 0 Å². The number of fused-ring (bicyclic) bond motifs is 1. The van der Waals surface area contributed by atoms with Gasteiger partial charge in [0.2, 0.25) is 5.91 Å². The Balaban J connectivity index is 1.45. The van der Waals surface area contributed by atoms with Crippen molar-refractivity contribution in [1.82, 2.24) is 24.4 Å². The van der Waals surface area contributed by atoms with Crippen LogP contribution in [0.15, 0.2) is 37.1 Å². The van der Waals surface area contributed by atoms with Gasteiger partial charge in [-0.05, 0) is 44.0 Å². The summed E-state index contributed by atoms with van der Waals surface area (Å²) in [4.78, 5) is 28.2. The molecule has 29 heavy (non-hydrogen) atoms. The van der Waals surface area contributed by atoms with Crippen molar-refractivity contribution < 1.29 is 4.79 Å². The molecule has 1 N–H and O–H groups in total. The van der Waals surface area contributed by atoms with Crippen LogP contribution in [0.25, 0.3) is 22.2 Å². The van der Waals surface area contributed by atoms with Crippen molar-refractivity contribution in [3.05, 3.63) is 37.1 Å². The van der Waals surface area contributed by atoms with Gasteiger partial charge in [0.05, 0.1) is 29.9 Å². The van der Waals surface area contributed by atoms with Crippen LogP contribution >= 0.6 is 0 Å². The van der Waals surface area contributed by atoms with Gasteiger partial charge in [-0.3, -0.25) is 9.78 Å². The van der Waals surface area contributed by atoms with Crippen molar-refractivity contribution in [2.75, 3.05) is 25.0 Å². The number of aryl methyl sites for hydroxylation is 1. The van der Waals surface area contributed by atoms with E-state index in [2.05, 4.69) is 45.1 Å². The summed E-state index contributed by atoms with van der Waals surface area (Å²) in [6.07, 6.45) is 8.92. The number of hydrogen-bond donors (Lipinski definition) is 1. The number of imidazole rings is 1. The van der Waals surface area contributed by atoms with Gasteiger partial charge in [-0.2, -0.15) is 0 Å². The lowest BCUT2D eigenvalue weighted by atomic mass is 9.95. The highest BCUT2D eigenvalue weighted by atomic mass is 16.1. The average molecular weight is 393 g/mol. The third-order valence-corrected chi connectivity index (χ3v) is 5.51. The maximum absolute atomic E-state index is 12.7. The molecule has 1 amide bonds. The molecule has 0 aliphatic carbocycles. The quantitative estimate of drug-likeness (QED) is 0.721. The number of nitrogens with one attached hydrogen (secondary N) is 1. The zero-order valence-corrected chi connectivity index (χ0v) is 17.3. The van der Waals surface area contributed by atoms with E-state index in [4.69, 9.17) is 0 Å². The van der Waals surface area contributed by atoms with Gasteiger partial charge in [-0.15, -0.1) is 0 Å². The smallest absolute Gasteiger partial charge is 0.228 e. The number of pyridine rings is 2. The average Bonchev–Trinajstić information content (AvgIpc) is 3.13. The largest absolute Gasteiger partial charge is 0.334 e. The number of rotatable bonds is 5. The highest BCUT2D eigenvalue weighted by molar-refractivity contribution is 5.94. The van der Waals surface area contributed by atoms with E-state index in [9.17, 15) is 4.79 Å². The predicted octanol–water partition coefficient (Wildman–Crippen LogP) is 3.34. The van der Waals surface area contributed by atoms with Gasteiger partial charge in [0, 0.05) is 36.7 Å². The molecule has 3 aromatic heterocycles.